The van der Waals surface area contributed by atoms with E-state index >= 15 is 0 Å². The van der Waals surface area contributed by atoms with Gasteiger partial charge in [-0.05, 0) is 37.0 Å². The molecular weight excluding hydrogens is 382 g/mol. The van der Waals surface area contributed by atoms with Gasteiger partial charge < -0.3 is 4.90 Å². The van der Waals surface area contributed by atoms with Crippen molar-refractivity contribution in [2.45, 2.75) is 51.2 Å². The summed E-state index contributed by atoms with van der Waals surface area (Å²) in [5, 5.41) is 1.65. The van der Waals surface area contributed by atoms with Crippen LogP contribution in [0.25, 0.3) is 10.9 Å². The Morgan fingerprint density at radius 2 is 1.93 bits per heavy atom. The van der Waals surface area contributed by atoms with E-state index in [-0.39, 0.29) is 11.5 Å². The molecule has 2 aromatic rings. The van der Waals surface area contributed by atoms with E-state index < -0.39 is 0 Å². The van der Waals surface area contributed by atoms with Crippen LogP contribution in [0.2, 0.25) is 5.02 Å². The average Bonchev–Trinajstić information content (AvgIpc) is 2.92. The van der Waals surface area contributed by atoms with Crippen molar-refractivity contribution in [2.75, 3.05) is 18.8 Å². The molecule has 0 unspecified atom stereocenters. The van der Waals surface area contributed by atoms with Gasteiger partial charge in [0.15, 0.2) is 5.16 Å². The largest absolute Gasteiger partial charge is 0.342 e. The van der Waals surface area contributed by atoms with E-state index in [1.165, 1.54) is 24.6 Å². The summed E-state index contributed by atoms with van der Waals surface area (Å²) >= 11 is 7.42. The predicted octanol–water partition coefficient (Wildman–Crippen LogP) is 4.20. The topological polar surface area (TPSA) is 55.2 Å². The smallest absolute Gasteiger partial charge is 0.262 e. The third-order valence-electron chi connectivity index (χ3n) is 4.71. The summed E-state index contributed by atoms with van der Waals surface area (Å²) in [6, 6.07) is 5.17. The molecule has 0 saturated carbocycles. The number of nitrogens with zero attached hydrogens (tertiary/aromatic N) is 3. The molecule has 0 bridgehead atoms. The zero-order valence-corrected chi connectivity index (χ0v) is 17.5. The number of benzene rings is 1. The Morgan fingerprint density at radius 1 is 1.22 bits per heavy atom. The third kappa shape index (κ3) is 5.05. The van der Waals surface area contributed by atoms with Gasteiger partial charge >= 0.3 is 0 Å². The molecule has 1 amide bonds. The van der Waals surface area contributed by atoms with Crippen LogP contribution < -0.4 is 5.56 Å². The van der Waals surface area contributed by atoms with Crippen molar-refractivity contribution in [3.63, 3.8) is 0 Å². The number of hydrogen-bond acceptors (Lipinski definition) is 4. The number of halogens is 1. The van der Waals surface area contributed by atoms with E-state index in [1.807, 2.05) is 4.90 Å². The molecule has 3 rings (SSSR count). The van der Waals surface area contributed by atoms with E-state index in [1.54, 1.807) is 22.8 Å². The summed E-state index contributed by atoms with van der Waals surface area (Å²) in [5.41, 5.74) is 0.523. The maximum Gasteiger partial charge on any atom is 0.262 e. The van der Waals surface area contributed by atoms with Crippen molar-refractivity contribution in [3.8, 4) is 0 Å². The Balaban J connectivity index is 1.86. The Bertz CT molecular complexity index is 873. The highest BCUT2D eigenvalue weighted by Crippen LogP contribution is 2.22. The maximum atomic E-state index is 13.0. The Morgan fingerprint density at radius 3 is 2.59 bits per heavy atom. The summed E-state index contributed by atoms with van der Waals surface area (Å²) < 4.78 is 1.68. The first-order valence-corrected chi connectivity index (χ1v) is 10.9. The zero-order valence-electron chi connectivity index (χ0n) is 15.9. The highest BCUT2D eigenvalue weighted by molar-refractivity contribution is 7.99. The molecule has 1 aromatic carbocycles. The van der Waals surface area contributed by atoms with E-state index in [0.29, 0.717) is 39.3 Å². The summed E-state index contributed by atoms with van der Waals surface area (Å²) in [7, 11) is 0. The van der Waals surface area contributed by atoms with Crippen molar-refractivity contribution >= 4 is 40.2 Å². The fourth-order valence-electron chi connectivity index (χ4n) is 3.35. The number of hydrogen-bond donors (Lipinski definition) is 0. The van der Waals surface area contributed by atoms with Gasteiger partial charge in [0.05, 0.1) is 16.7 Å². The molecule has 1 aliphatic rings. The highest BCUT2D eigenvalue weighted by Gasteiger charge is 2.18. The third-order valence-corrected chi connectivity index (χ3v) is 5.91. The molecule has 0 radical (unpaired) electrons. The van der Waals surface area contributed by atoms with Gasteiger partial charge in [-0.1, -0.05) is 50.1 Å². The Labute approximate surface area is 169 Å². The lowest BCUT2D eigenvalue weighted by atomic mass is 10.2. The SMILES string of the molecule is CC(C)Cn1c(SCC(=O)N2CCCCCC2)nc2ccc(Cl)cc2c1=O. The number of amides is 1. The minimum Gasteiger partial charge on any atom is -0.342 e. The van der Waals surface area contributed by atoms with Crippen LogP contribution >= 0.6 is 23.4 Å². The van der Waals surface area contributed by atoms with Gasteiger partial charge in [0.2, 0.25) is 5.91 Å². The van der Waals surface area contributed by atoms with Crippen molar-refractivity contribution in [3.05, 3.63) is 33.6 Å². The van der Waals surface area contributed by atoms with Crippen LogP contribution in [0, 0.1) is 5.92 Å². The lowest BCUT2D eigenvalue weighted by molar-refractivity contribution is -0.128. The predicted molar refractivity (Wildman–Crippen MR) is 112 cm³/mol. The molecule has 1 saturated heterocycles. The molecule has 1 aliphatic heterocycles. The fraction of sp³-hybridized carbons (Fsp3) is 0.550. The Hall–Kier alpha value is -1.53. The average molecular weight is 408 g/mol. The van der Waals surface area contributed by atoms with Gasteiger partial charge in [0.25, 0.3) is 5.56 Å². The highest BCUT2D eigenvalue weighted by atomic mass is 35.5. The second-order valence-corrected chi connectivity index (χ2v) is 8.83. The molecule has 1 aromatic heterocycles. The van der Waals surface area contributed by atoms with Crippen molar-refractivity contribution in [1.29, 1.82) is 0 Å². The molecule has 0 aliphatic carbocycles. The molecular formula is C20H26ClN3O2S. The van der Waals surface area contributed by atoms with Crippen LogP contribution in [0.15, 0.2) is 28.2 Å². The number of aromatic nitrogens is 2. The maximum absolute atomic E-state index is 13.0. The van der Waals surface area contributed by atoms with Gasteiger partial charge in [-0.25, -0.2) is 4.98 Å². The first kappa shape index (κ1) is 20.2. The number of thioether (sulfide) groups is 1. The second kappa shape index (κ2) is 9.11. The van der Waals surface area contributed by atoms with Crippen LogP contribution in [-0.4, -0.2) is 39.2 Å². The minimum atomic E-state index is -0.0964. The van der Waals surface area contributed by atoms with E-state index in [0.717, 1.165) is 25.9 Å². The fourth-order valence-corrected chi connectivity index (χ4v) is 4.43. The van der Waals surface area contributed by atoms with Gasteiger partial charge in [0.1, 0.15) is 0 Å². The first-order valence-electron chi connectivity index (χ1n) is 9.56. The normalized spacial score (nSPS) is 15.3. The van der Waals surface area contributed by atoms with Crippen molar-refractivity contribution < 1.29 is 4.79 Å². The number of rotatable bonds is 5. The van der Waals surface area contributed by atoms with Crippen LogP contribution in [0.4, 0.5) is 0 Å². The van der Waals surface area contributed by atoms with E-state index in [4.69, 9.17) is 11.6 Å². The zero-order chi connectivity index (χ0) is 19.4. The van der Waals surface area contributed by atoms with Gasteiger partial charge in [-0.2, -0.15) is 0 Å². The van der Waals surface area contributed by atoms with Crippen LogP contribution in [0.1, 0.15) is 39.5 Å². The monoisotopic (exact) mass is 407 g/mol. The minimum absolute atomic E-state index is 0.0964. The van der Waals surface area contributed by atoms with Gasteiger partial charge in [0, 0.05) is 24.7 Å². The number of fused-ring (bicyclic) bond motifs is 1. The molecule has 5 nitrogen and oxygen atoms in total. The lowest BCUT2D eigenvalue weighted by Crippen LogP contribution is -2.33. The molecule has 146 valence electrons. The van der Waals surface area contributed by atoms with Crippen molar-refractivity contribution in [1.82, 2.24) is 14.5 Å². The summed E-state index contributed by atoms with van der Waals surface area (Å²) in [6.45, 7) is 6.36. The second-order valence-electron chi connectivity index (χ2n) is 7.45. The van der Waals surface area contributed by atoms with Gasteiger partial charge in [-0.15, -0.1) is 0 Å². The van der Waals surface area contributed by atoms with Gasteiger partial charge in [-0.3, -0.25) is 14.2 Å². The van der Waals surface area contributed by atoms with Crippen molar-refractivity contribution in [2.24, 2.45) is 5.92 Å². The Kier molecular flexibility index (Phi) is 6.82. The van der Waals surface area contributed by atoms with Crippen LogP contribution in [0.3, 0.4) is 0 Å². The van der Waals surface area contributed by atoms with E-state index in [2.05, 4.69) is 18.8 Å². The molecule has 1 fully saturated rings. The number of carbonyl (C=O) groups excluding carboxylic acids is 1. The molecule has 27 heavy (non-hydrogen) atoms. The van der Waals surface area contributed by atoms with Crippen LogP contribution in [-0.2, 0) is 11.3 Å². The molecule has 0 N–H and O–H groups in total. The lowest BCUT2D eigenvalue weighted by Gasteiger charge is -2.20. The number of likely N-dealkylation sites (tertiary alicyclic amines) is 1. The first-order chi connectivity index (χ1) is 13.0. The summed E-state index contributed by atoms with van der Waals surface area (Å²) in [6.07, 6.45) is 4.53. The summed E-state index contributed by atoms with van der Waals surface area (Å²) in [5.74, 6) is 0.731. The quantitative estimate of drug-likeness (QED) is 0.550. The molecule has 0 atom stereocenters. The molecule has 0 spiro atoms. The standard InChI is InChI=1S/C20H26ClN3O2S/c1-14(2)12-24-19(26)16-11-15(21)7-8-17(16)22-20(24)27-13-18(25)23-9-5-3-4-6-10-23/h7-8,11,14H,3-6,9-10,12-13H2,1-2H3. The summed E-state index contributed by atoms with van der Waals surface area (Å²) in [4.78, 5) is 32.2. The van der Waals surface area contributed by atoms with Crippen LogP contribution in [0.5, 0.6) is 0 Å². The molecule has 2 heterocycles. The number of carbonyl (C=O) groups is 1. The molecule has 7 heteroatoms. The van der Waals surface area contributed by atoms with E-state index in [9.17, 15) is 9.59 Å².